The smallest absolute Gasteiger partial charge is 0.307 e. The van der Waals surface area contributed by atoms with Gasteiger partial charge in [-0.05, 0) is 11.4 Å². The van der Waals surface area contributed by atoms with E-state index < -0.39 is 0 Å². The maximum atomic E-state index is 11.7. The van der Waals surface area contributed by atoms with Crippen molar-refractivity contribution in [3.05, 3.63) is 22.4 Å². The Kier molecular flexibility index (Phi) is 4.30. The average Bonchev–Trinajstić information content (AvgIpc) is 2.77. The van der Waals surface area contributed by atoms with Crippen LogP contribution in [0.3, 0.4) is 0 Å². The predicted octanol–water partition coefficient (Wildman–Crippen LogP) is 1.38. The highest BCUT2D eigenvalue weighted by Crippen LogP contribution is 2.11. The zero-order valence-corrected chi connectivity index (χ0v) is 9.54. The Morgan fingerprint density at radius 1 is 1.53 bits per heavy atom. The summed E-state index contributed by atoms with van der Waals surface area (Å²) in [4.78, 5) is 24.8. The van der Waals surface area contributed by atoms with Gasteiger partial charge in [0.05, 0.1) is 18.4 Å². The van der Waals surface area contributed by atoms with E-state index in [0.29, 0.717) is 11.4 Å². The van der Waals surface area contributed by atoms with E-state index in [-0.39, 0.29) is 18.3 Å². The summed E-state index contributed by atoms with van der Waals surface area (Å²) in [6.07, 6.45) is 0.226. The van der Waals surface area contributed by atoms with Crippen LogP contribution in [0.5, 0.6) is 0 Å². The number of ether oxygens (including phenoxy) is 1. The lowest BCUT2D eigenvalue weighted by molar-refractivity contribution is -0.140. The topological polar surface area (TPSA) is 46.6 Å². The van der Waals surface area contributed by atoms with Crippen molar-refractivity contribution in [2.24, 2.45) is 0 Å². The molecule has 0 aliphatic heterocycles. The third-order valence-electron chi connectivity index (χ3n) is 1.96. The molecule has 1 aromatic rings. The van der Waals surface area contributed by atoms with Crippen LogP contribution in [0.4, 0.5) is 0 Å². The number of carbonyl (C=O) groups is 2. The maximum absolute atomic E-state index is 11.7. The molecule has 0 aromatic carbocycles. The first-order chi connectivity index (χ1) is 7.15. The van der Waals surface area contributed by atoms with E-state index in [9.17, 15) is 9.59 Å². The minimum atomic E-state index is -0.305. The van der Waals surface area contributed by atoms with Crippen molar-refractivity contribution in [1.82, 2.24) is 4.90 Å². The van der Waals surface area contributed by atoms with Gasteiger partial charge in [0, 0.05) is 13.6 Å². The van der Waals surface area contributed by atoms with E-state index in [1.165, 1.54) is 23.3 Å². The third kappa shape index (κ3) is 3.36. The first kappa shape index (κ1) is 11.7. The van der Waals surface area contributed by atoms with Gasteiger partial charge in [-0.25, -0.2) is 0 Å². The van der Waals surface area contributed by atoms with Gasteiger partial charge >= 0.3 is 5.97 Å². The molecule has 0 fully saturated rings. The van der Waals surface area contributed by atoms with Gasteiger partial charge < -0.3 is 9.64 Å². The highest BCUT2D eigenvalue weighted by atomic mass is 32.1. The summed E-state index contributed by atoms with van der Waals surface area (Å²) in [5.74, 6) is -0.366. The quantitative estimate of drug-likeness (QED) is 0.730. The van der Waals surface area contributed by atoms with Crippen molar-refractivity contribution in [1.29, 1.82) is 0 Å². The number of thiophene rings is 1. The van der Waals surface area contributed by atoms with Gasteiger partial charge in [-0.15, -0.1) is 11.3 Å². The van der Waals surface area contributed by atoms with Crippen molar-refractivity contribution >= 4 is 23.2 Å². The lowest BCUT2D eigenvalue weighted by atomic mass is 10.3. The molecule has 0 saturated carbocycles. The summed E-state index contributed by atoms with van der Waals surface area (Å²) < 4.78 is 4.50. The third-order valence-corrected chi connectivity index (χ3v) is 2.82. The molecule has 1 aromatic heterocycles. The Morgan fingerprint density at radius 2 is 2.27 bits per heavy atom. The fourth-order valence-electron chi connectivity index (χ4n) is 1.05. The molecule has 15 heavy (non-hydrogen) atoms. The molecule has 4 nitrogen and oxygen atoms in total. The zero-order chi connectivity index (χ0) is 11.3. The molecule has 1 heterocycles. The first-order valence-corrected chi connectivity index (χ1v) is 5.39. The van der Waals surface area contributed by atoms with Crippen LogP contribution in [0.25, 0.3) is 0 Å². The molecule has 1 rings (SSSR count). The number of carbonyl (C=O) groups excluding carboxylic acids is 2. The van der Waals surface area contributed by atoms with Crippen LogP contribution in [0.1, 0.15) is 16.1 Å². The van der Waals surface area contributed by atoms with Crippen molar-refractivity contribution in [2.75, 3.05) is 20.7 Å². The van der Waals surface area contributed by atoms with Crippen molar-refractivity contribution in [3.8, 4) is 0 Å². The molecule has 0 radical (unpaired) electrons. The molecule has 0 atom stereocenters. The second-order valence-corrected chi connectivity index (χ2v) is 3.98. The molecule has 0 bridgehead atoms. The predicted molar refractivity (Wildman–Crippen MR) is 57.9 cm³/mol. The summed E-state index contributed by atoms with van der Waals surface area (Å²) in [6.45, 7) is 0.378. The minimum absolute atomic E-state index is 0.0612. The van der Waals surface area contributed by atoms with E-state index >= 15 is 0 Å². The van der Waals surface area contributed by atoms with Crippen LogP contribution >= 0.6 is 11.3 Å². The number of esters is 1. The monoisotopic (exact) mass is 227 g/mol. The van der Waals surface area contributed by atoms with Gasteiger partial charge in [0.2, 0.25) is 0 Å². The molecule has 0 N–H and O–H groups in total. The van der Waals surface area contributed by atoms with E-state index in [4.69, 9.17) is 0 Å². The molecule has 1 amide bonds. The van der Waals surface area contributed by atoms with Crippen molar-refractivity contribution in [3.63, 3.8) is 0 Å². The molecule has 0 spiro atoms. The van der Waals surface area contributed by atoms with E-state index in [0.717, 1.165) is 0 Å². The van der Waals surface area contributed by atoms with Crippen molar-refractivity contribution in [2.45, 2.75) is 6.42 Å². The van der Waals surface area contributed by atoms with Gasteiger partial charge in [0.1, 0.15) is 0 Å². The van der Waals surface area contributed by atoms with Gasteiger partial charge in [-0.2, -0.15) is 0 Å². The fraction of sp³-hybridized carbons (Fsp3) is 0.400. The van der Waals surface area contributed by atoms with Gasteiger partial charge in [-0.1, -0.05) is 6.07 Å². The SMILES string of the molecule is COC(=O)CCN(C)C(=O)c1cccs1. The summed E-state index contributed by atoms with van der Waals surface area (Å²) >= 11 is 1.39. The van der Waals surface area contributed by atoms with Crippen LogP contribution in [0, 0.1) is 0 Å². The number of hydrogen-bond acceptors (Lipinski definition) is 4. The fourth-order valence-corrected chi connectivity index (χ4v) is 1.77. The van der Waals surface area contributed by atoms with E-state index in [1.54, 1.807) is 13.1 Å². The molecular formula is C10H13NO3S. The Morgan fingerprint density at radius 3 is 2.80 bits per heavy atom. The Bertz CT molecular complexity index is 334. The van der Waals surface area contributed by atoms with E-state index in [2.05, 4.69) is 4.74 Å². The summed E-state index contributed by atoms with van der Waals surface area (Å²) in [7, 11) is 3.01. The molecular weight excluding hydrogens is 214 g/mol. The van der Waals surface area contributed by atoms with Crippen molar-refractivity contribution < 1.29 is 14.3 Å². The van der Waals surface area contributed by atoms with Gasteiger partial charge in [-0.3, -0.25) is 9.59 Å². The normalized spacial score (nSPS) is 9.73. The lowest BCUT2D eigenvalue weighted by Crippen LogP contribution is -2.28. The van der Waals surface area contributed by atoms with E-state index in [1.807, 2.05) is 11.4 Å². The summed E-state index contributed by atoms with van der Waals surface area (Å²) in [5, 5.41) is 1.85. The van der Waals surface area contributed by atoms with Crippen LogP contribution in [-0.2, 0) is 9.53 Å². The number of methoxy groups -OCH3 is 1. The summed E-state index contributed by atoms with van der Waals surface area (Å²) in [5.41, 5.74) is 0. The molecule has 82 valence electrons. The lowest BCUT2D eigenvalue weighted by Gasteiger charge is -2.14. The summed E-state index contributed by atoms with van der Waals surface area (Å²) in [6, 6.07) is 3.59. The Hall–Kier alpha value is -1.36. The molecule has 0 aliphatic carbocycles. The van der Waals surface area contributed by atoms with Crippen LogP contribution in [-0.4, -0.2) is 37.5 Å². The second-order valence-electron chi connectivity index (χ2n) is 3.03. The van der Waals surface area contributed by atoms with Crippen LogP contribution < -0.4 is 0 Å². The Labute approximate surface area is 92.5 Å². The number of amides is 1. The second kappa shape index (κ2) is 5.50. The molecule has 0 aliphatic rings. The zero-order valence-electron chi connectivity index (χ0n) is 8.73. The first-order valence-electron chi connectivity index (χ1n) is 4.51. The van der Waals surface area contributed by atoms with Gasteiger partial charge in [0.25, 0.3) is 5.91 Å². The highest BCUT2D eigenvalue weighted by Gasteiger charge is 2.13. The standard InChI is InChI=1S/C10H13NO3S/c1-11(6-5-9(12)14-2)10(13)8-4-3-7-15-8/h3-4,7H,5-6H2,1-2H3. The molecule has 5 heteroatoms. The highest BCUT2D eigenvalue weighted by molar-refractivity contribution is 7.12. The molecule has 0 saturated heterocycles. The largest absolute Gasteiger partial charge is 0.469 e. The molecule has 0 unspecified atom stereocenters. The maximum Gasteiger partial charge on any atom is 0.307 e. The number of hydrogen-bond donors (Lipinski definition) is 0. The Balaban J connectivity index is 2.44. The number of rotatable bonds is 4. The van der Waals surface area contributed by atoms with Crippen LogP contribution in [0.2, 0.25) is 0 Å². The minimum Gasteiger partial charge on any atom is -0.469 e. The number of nitrogens with zero attached hydrogens (tertiary/aromatic N) is 1. The van der Waals surface area contributed by atoms with Crippen LogP contribution in [0.15, 0.2) is 17.5 Å². The van der Waals surface area contributed by atoms with Gasteiger partial charge in [0.15, 0.2) is 0 Å². The average molecular weight is 227 g/mol.